The van der Waals surface area contributed by atoms with Crippen molar-refractivity contribution in [3.63, 3.8) is 0 Å². The summed E-state index contributed by atoms with van der Waals surface area (Å²) in [6.07, 6.45) is 0. The number of nitrogens with two attached hydrogens (primary N) is 1. The van der Waals surface area contributed by atoms with Gasteiger partial charge in [-0.2, -0.15) is 0 Å². The van der Waals surface area contributed by atoms with Crippen LogP contribution in [-0.2, 0) is 4.84 Å². The fourth-order valence-corrected chi connectivity index (χ4v) is 2.80. The lowest BCUT2D eigenvalue weighted by Gasteiger charge is -2.26. The van der Waals surface area contributed by atoms with Crippen molar-refractivity contribution in [1.29, 1.82) is 0 Å². The largest absolute Gasteiger partial charge is 0.497 e. The second kappa shape index (κ2) is 7.78. The normalized spacial score (nSPS) is 11.6. The van der Waals surface area contributed by atoms with Crippen LogP contribution < -0.4 is 10.5 Å². The number of ether oxygens (including phenoxy) is 1. The van der Waals surface area contributed by atoms with Gasteiger partial charge in [0.05, 0.1) is 18.7 Å². The van der Waals surface area contributed by atoms with Crippen LogP contribution in [0.5, 0.6) is 5.75 Å². The number of nitrogens with zero attached hydrogens (tertiary/aromatic N) is 1. The molecule has 6 heteroatoms. The van der Waals surface area contributed by atoms with Crippen molar-refractivity contribution in [2.75, 3.05) is 7.11 Å². The number of hydroxylamine groups is 2. The van der Waals surface area contributed by atoms with Gasteiger partial charge >= 0.3 is 12.0 Å². The number of carbonyl (C=O) groups is 2. The number of rotatable bonds is 4. The molecule has 0 radical (unpaired) electrons. The van der Waals surface area contributed by atoms with Crippen LogP contribution >= 0.6 is 0 Å². The van der Waals surface area contributed by atoms with E-state index in [1.807, 2.05) is 36.4 Å². The molecule has 138 valence electrons. The van der Waals surface area contributed by atoms with Crippen LogP contribution in [-0.4, -0.2) is 24.2 Å². The molecule has 0 aliphatic carbocycles. The smallest absolute Gasteiger partial charge is 0.363 e. The standard InChI is InChI=1S/C21H20N2O4/c1-14(16-8-9-18-13-19(26-2)11-10-17(18)12-16)23(21(22)25)27-20(24)15-6-4-3-5-7-15/h3-14H,1-2H3,(H2,22,25). The molecule has 0 heterocycles. The Morgan fingerprint density at radius 2 is 1.63 bits per heavy atom. The number of urea groups is 1. The van der Waals surface area contributed by atoms with Crippen molar-refractivity contribution in [3.05, 3.63) is 77.9 Å². The lowest BCUT2D eigenvalue weighted by Crippen LogP contribution is -2.39. The first kappa shape index (κ1) is 18.3. The van der Waals surface area contributed by atoms with Gasteiger partial charge in [-0.05, 0) is 53.6 Å². The Kier molecular flexibility index (Phi) is 5.26. The van der Waals surface area contributed by atoms with Crippen LogP contribution in [0.25, 0.3) is 10.8 Å². The molecule has 0 spiro atoms. The van der Waals surface area contributed by atoms with Gasteiger partial charge in [0.25, 0.3) is 0 Å². The Labute approximate surface area is 157 Å². The minimum absolute atomic E-state index is 0.335. The minimum atomic E-state index is -0.846. The van der Waals surface area contributed by atoms with Crippen molar-refractivity contribution in [2.45, 2.75) is 13.0 Å². The number of fused-ring (bicyclic) bond motifs is 1. The zero-order chi connectivity index (χ0) is 19.4. The predicted molar refractivity (Wildman–Crippen MR) is 102 cm³/mol. The molecule has 1 atom stereocenters. The molecule has 3 rings (SSSR count). The fourth-order valence-electron chi connectivity index (χ4n) is 2.80. The van der Waals surface area contributed by atoms with Gasteiger partial charge in [-0.15, -0.1) is 5.06 Å². The van der Waals surface area contributed by atoms with Crippen LogP contribution in [0.2, 0.25) is 0 Å². The topological polar surface area (TPSA) is 81.9 Å². The molecule has 0 saturated heterocycles. The van der Waals surface area contributed by atoms with Crippen molar-refractivity contribution in [2.24, 2.45) is 5.73 Å². The van der Waals surface area contributed by atoms with Crippen LogP contribution in [0.3, 0.4) is 0 Å². The molecular weight excluding hydrogens is 344 g/mol. The summed E-state index contributed by atoms with van der Waals surface area (Å²) in [5, 5.41) is 2.86. The lowest BCUT2D eigenvalue weighted by molar-refractivity contribution is -0.0935. The van der Waals surface area contributed by atoms with E-state index in [4.69, 9.17) is 15.3 Å². The first-order valence-corrected chi connectivity index (χ1v) is 8.43. The number of amides is 2. The zero-order valence-corrected chi connectivity index (χ0v) is 15.1. The van der Waals surface area contributed by atoms with E-state index in [1.165, 1.54) is 0 Å². The van der Waals surface area contributed by atoms with Crippen molar-refractivity contribution in [1.82, 2.24) is 5.06 Å². The average molecular weight is 364 g/mol. The number of hydrogen-bond acceptors (Lipinski definition) is 4. The molecule has 0 fully saturated rings. The van der Waals surface area contributed by atoms with Gasteiger partial charge in [0, 0.05) is 0 Å². The Bertz CT molecular complexity index is 972. The summed E-state index contributed by atoms with van der Waals surface area (Å²) in [7, 11) is 1.61. The number of benzene rings is 3. The van der Waals surface area contributed by atoms with E-state index in [9.17, 15) is 9.59 Å². The molecule has 3 aromatic rings. The highest BCUT2D eigenvalue weighted by Crippen LogP contribution is 2.27. The van der Waals surface area contributed by atoms with Crippen LogP contribution in [0.15, 0.2) is 66.7 Å². The second-order valence-corrected chi connectivity index (χ2v) is 6.06. The minimum Gasteiger partial charge on any atom is -0.497 e. The third kappa shape index (κ3) is 4.00. The highest BCUT2D eigenvalue weighted by molar-refractivity contribution is 5.90. The highest BCUT2D eigenvalue weighted by atomic mass is 16.7. The van der Waals surface area contributed by atoms with E-state index in [1.54, 1.807) is 44.4 Å². The molecular formula is C21H20N2O4. The van der Waals surface area contributed by atoms with Gasteiger partial charge in [0.1, 0.15) is 5.75 Å². The highest BCUT2D eigenvalue weighted by Gasteiger charge is 2.25. The van der Waals surface area contributed by atoms with Crippen LogP contribution in [0.1, 0.15) is 28.9 Å². The summed E-state index contributed by atoms with van der Waals surface area (Å²) in [4.78, 5) is 29.4. The summed E-state index contributed by atoms with van der Waals surface area (Å²) in [6, 6.07) is 18.4. The van der Waals surface area contributed by atoms with Gasteiger partial charge < -0.3 is 15.3 Å². The van der Waals surface area contributed by atoms with Gasteiger partial charge in [-0.1, -0.05) is 36.4 Å². The van der Waals surface area contributed by atoms with E-state index >= 15 is 0 Å². The first-order valence-electron chi connectivity index (χ1n) is 8.43. The summed E-state index contributed by atoms with van der Waals surface area (Å²) in [6.45, 7) is 1.74. The molecule has 27 heavy (non-hydrogen) atoms. The molecule has 0 aromatic heterocycles. The summed E-state index contributed by atoms with van der Waals surface area (Å²) in [5.41, 5.74) is 6.56. The summed E-state index contributed by atoms with van der Waals surface area (Å²) in [5.74, 6) is 0.116. The van der Waals surface area contributed by atoms with E-state index in [2.05, 4.69) is 0 Å². The SMILES string of the molecule is COc1ccc2cc(C(C)N(OC(=O)c3ccccc3)C(N)=O)ccc2c1. The Hall–Kier alpha value is -3.54. The maximum atomic E-state index is 12.3. The van der Waals surface area contributed by atoms with Gasteiger partial charge in [0.15, 0.2) is 0 Å². The quantitative estimate of drug-likeness (QED) is 0.708. The number of hydrogen-bond donors (Lipinski definition) is 1. The van der Waals surface area contributed by atoms with Crippen molar-refractivity contribution >= 4 is 22.8 Å². The molecule has 0 saturated carbocycles. The Morgan fingerprint density at radius 1 is 0.963 bits per heavy atom. The molecule has 0 aliphatic heterocycles. The average Bonchev–Trinajstić information content (AvgIpc) is 2.70. The van der Waals surface area contributed by atoms with Crippen LogP contribution in [0.4, 0.5) is 4.79 Å². The summed E-state index contributed by atoms with van der Waals surface area (Å²) >= 11 is 0. The zero-order valence-electron chi connectivity index (χ0n) is 15.1. The van der Waals surface area contributed by atoms with Crippen LogP contribution in [0, 0.1) is 0 Å². The molecule has 2 N–H and O–H groups in total. The number of carbonyl (C=O) groups excluding carboxylic acids is 2. The Morgan fingerprint density at radius 3 is 2.30 bits per heavy atom. The molecule has 2 amide bonds. The van der Waals surface area contributed by atoms with E-state index in [0.29, 0.717) is 5.56 Å². The maximum Gasteiger partial charge on any atom is 0.363 e. The molecule has 0 aliphatic rings. The van der Waals surface area contributed by atoms with E-state index < -0.39 is 18.0 Å². The lowest BCUT2D eigenvalue weighted by atomic mass is 10.0. The predicted octanol–water partition coefficient (Wildman–Crippen LogP) is 4.06. The number of methoxy groups -OCH3 is 1. The van der Waals surface area contributed by atoms with Crippen molar-refractivity contribution < 1.29 is 19.2 Å². The second-order valence-electron chi connectivity index (χ2n) is 6.06. The monoisotopic (exact) mass is 364 g/mol. The maximum absolute atomic E-state index is 12.3. The van der Waals surface area contributed by atoms with Crippen molar-refractivity contribution in [3.8, 4) is 5.75 Å². The van der Waals surface area contributed by atoms with E-state index in [0.717, 1.165) is 27.1 Å². The molecule has 0 bridgehead atoms. The fraction of sp³-hybridized carbons (Fsp3) is 0.143. The Balaban J connectivity index is 1.86. The first-order chi connectivity index (χ1) is 13.0. The molecule has 1 unspecified atom stereocenters. The van der Waals surface area contributed by atoms with Gasteiger partial charge in [-0.25, -0.2) is 9.59 Å². The number of primary amides is 1. The van der Waals surface area contributed by atoms with Gasteiger partial charge in [0.2, 0.25) is 0 Å². The third-order valence-corrected chi connectivity index (χ3v) is 4.31. The third-order valence-electron chi connectivity index (χ3n) is 4.31. The van der Waals surface area contributed by atoms with Gasteiger partial charge in [-0.3, -0.25) is 0 Å². The molecule has 3 aromatic carbocycles. The molecule has 6 nitrogen and oxygen atoms in total. The van der Waals surface area contributed by atoms with E-state index in [-0.39, 0.29) is 0 Å². The summed E-state index contributed by atoms with van der Waals surface area (Å²) < 4.78 is 5.23.